The number of methoxy groups -OCH3 is 1. The Morgan fingerprint density at radius 2 is 2.00 bits per heavy atom. The van der Waals surface area contributed by atoms with Gasteiger partial charge in [0.1, 0.15) is 11.3 Å². The van der Waals surface area contributed by atoms with Crippen molar-refractivity contribution in [3.63, 3.8) is 0 Å². The second-order valence-corrected chi connectivity index (χ2v) is 9.68. The monoisotopic (exact) mass is 571 g/mol. The molecule has 35 heavy (non-hydrogen) atoms. The molecule has 1 amide bonds. The number of anilines is 1. The van der Waals surface area contributed by atoms with Crippen LogP contribution in [0.25, 0.3) is 22.6 Å². The molecule has 1 atom stereocenters. The summed E-state index contributed by atoms with van der Waals surface area (Å²) in [6, 6.07) is 16.4. The fourth-order valence-electron chi connectivity index (χ4n) is 3.50. The maximum Gasteiger partial charge on any atom is 0.257 e. The maximum absolute atomic E-state index is 12.6. The molecule has 0 radical (unpaired) electrons. The van der Waals surface area contributed by atoms with Gasteiger partial charge < -0.3 is 14.5 Å². The SMILES string of the molecule is CC[C@H](C)c1ccc2oc(-c3ccc(Cl)c(NC(=S)NC(=O)c4ccc(OC)c(Br)c4)c3)nc2c1. The van der Waals surface area contributed by atoms with Crippen molar-refractivity contribution in [2.75, 3.05) is 12.4 Å². The van der Waals surface area contributed by atoms with Crippen LogP contribution in [-0.4, -0.2) is 23.1 Å². The van der Waals surface area contributed by atoms with E-state index in [2.05, 4.69) is 57.5 Å². The Bertz CT molecular complexity index is 1420. The van der Waals surface area contributed by atoms with Gasteiger partial charge in [0.15, 0.2) is 10.7 Å². The quantitative estimate of drug-likeness (QED) is 0.232. The molecule has 0 fully saturated rings. The number of rotatable bonds is 6. The molecule has 1 aromatic heterocycles. The Balaban J connectivity index is 1.52. The van der Waals surface area contributed by atoms with Gasteiger partial charge in [-0.3, -0.25) is 10.1 Å². The predicted octanol–water partition coefficient (Wildman–Crippen LogP) is 7.56. The highest BCUT2D eigenvalue weighted by molar-refractivity contribution is 9.10. The van der Waals surface area contributed by atoms with Crippen LogP contribution in [0.2, 0.25) is 5.02 Å². The number of thiocarbonyl (C=S) groups is 1. The smallest absolute Gasteiger partial charge is 0.257 e. The number of nitrogens with zero attached hydrogens (tertiary/aromatic N) is 1. The van der Waals surface area contributed by atoms with Crippen molar-refractivity contribution < 1.29 is 13.9 Å². The van der Waals surface area contributed by atoms with Crippen LogP contribution in [-0.2, 0) is 0 Å². The molecule has 0 saturated carbocycles. The zero-order valence-electron chi connectivity index (χ0n) is 19.3. The first-order valence-electron chi connectivity index (χ1n) is 10.9. The van der Waals surface area contributed by atoms with E-state index >= 15 is 0 Å². The average molecular weight is 573 g/mol. The standard InChI is InChI=1S/C26H23BrClN3O3S/c1-4-14(2)15-6-10-23-21(12-15)29-25(34-23)17-5-8-19(28)20(13-17)30-26(35)31-24(32)16-7-9-22(33-3)18(27)11-16/h5-14H,4H2,1-3H3,(H2,30,31,32,35)/t14-/m0/s1. The molecular formula is C26H23BrClN3O3S. The van der Waals surface area contributed by atoms with E-state index in [0.717, 1.165) is 17.5 Å². The van der Waals surface area contributed by atoms with Crippen LogP contribution in [0.3, 0.4) is 0 Å². The lowest BCUT2D eigenvalue weighted by Crippen LogP contribution is -2.34. The van der Waals surface area contributed by atoms with E-state index < -0.39 is 0 Å². The third kappa shape index (κ3) is 5.66. The van der Waals surface area contributed by atoms with Crippen molar-refractivity contribution >= 4 is 67.6 Å². The van der Waals surface area contributed by atoms with Crippen molar-refractivity contribution in [2.45, 2.75) is 26.2 Å². The molecule has 4 rings (SSSR count). The van der Waals surface area contributed by atoms with Crippen molar-refractivity contribution in [3.05, 3.63) is 75.2 Å². The summed E-state index contributed by atoms with van der Waals surface area (Å²) in [6.07, 6.45) is 1.05. The van der Waals surface area contributed by atoms with Gasteiger partial charge >= 0.3 is 0 Å². The first-order chi connectivity index (χ1) is 16.8. The number of halogens is 2. The molecule has 0 aliphatic carbocycles. The molecule has 0 bridgehead atoms. The summed E-state index contributed by atoms with van der Waals surface area (Å²) >= 11 is 15.1. The number of hydrogen-bond donors (Lipinski definition) is 2. The van der Waals surface area contributed by atoms with E-state index in [1.54, 1.807) is 37.4 Å². The van der Waals surface area contributed by atoms with Crippen molar-refractivity contribution in [1.29, 1.82) is 0 Å². The second kappa shape index (κ2) is 10.8. The Hall–Kier alpha value is -2.94. The molecule has 0 unspecified atom stereocenters. The van der Waals surface area contributed by atoms with Crippen LogP contribution in [0.5, 0.6) is 5.75 Å². The van der Waals surface area contributed by atoms with Gasteiger partial charge in [0.2, 0.25) is 5.89 Å². The number of nitrogens with one attached hydrogen (secondary N) is 2. The number of carbonyl (C=O) groups excluding carboxylic acids is 1. The van der Waals surface area contributed by atoms with E-state index in [0.29, 0.717) is 43.9 Å². The average Bonchev–Trinajstić information content (AvgIpc) is 3.28. The second-order valence-electron chi connectivity index (χ2n) is 8.01. The summed E-state index contributed by atoms with van der Waals surface area (Å²) in [5.74, 6) is 1.18. The molecule has 2 N–H and O–H groups in total. The lowest BCUT2D eigenvalue weighted by atomic mass is 9.98. The van der Waals surface area contributed by atoms with Crippen LogP contribution in [0.4, 0.5) is 5.69 Å². The molecule has 180 valence electrons. The Morgan fingerprint density at radius 1 is 1.20 bits per heavy atom. The number of hydrogen-bond acceptors (Lipinski definition) is 5. The normalized spacial score (nSPS) is 11.8. The highest BCUT2D eigenvalue weighted by atomic mass is 79.9. The highest BCUT2D eigenvalue weighted by Crippen LogP contribution is 2.32. The van der Waals surface area contributed by atoms with Gasteiger partial charge in [-0.05, 0) is 94.6 Å². The molecule has 1 heterocycles. The lowest BCUT2D eigenvalue weighted by molar-refractivity contribution is 0.0977. The molecule has 0 aliphatic rings. The van der Waals surface area contributed by atoms with Crippen LogP contribution < -0.4 is 15.4 Å². The Labute approximate surface area is 222 Å². The van der Waals surface area contributed by atoms with E-state index in [-0.39, 0.29) is 11.0 Å². The van der Waals surface area contributed by atoms with Crippen molar-refractivity contribution in [2.24, 2.45) is 0 Å². The number of carbonyl (C=O) groups is 1. The summed E-state index contributed by atoms with van der Waals surface area (Å²) in [6.45, 7) is 4.35. The molecule has 3 aromatic carbocycles. The van der Waals surface area contributed by atoms with Crippen LogP contribution >= 0.6 is 39.7 Å². The molecule has 4 aromatic rings. The van der Waals surface area contributed by atoms with Crippen LogP contribution in [0.1, 0.15) is 42.1 Å². The van der Waals surface area contributed by atoms with Crippen molar-refractivity contribution in [3.8, 4) is 17.2 Å². The number of fused-ring (bicyclic) bond motifs is 1. The zero-order valence-corrected chi connectivity index (χ0v) is 22.5. The van der Waals surface area contributed by atoms with Crippen molar-refractivity contribution in [1.82, 2.24) is 10.3 Å². The van der Waals surface area contributed by atoms with Gasteiger partial charge in [-0.1, -0.05) is 31.5 Å². The predicted molar refractivity (Wildman–Crippen MR) is 148 cm³/mol. The number of benzene rings is 3. The molecule has 9 heteroatoms. The Kier molecular flexibility index (Phi) is 7.74. The minimum Gasteiger partial charge on any atom is -0.496 e. The van der Waals surface area contributed by atoms with E-state index in [4.69, 9.17) is 33.0 Å². The number of aromatic nitrogens is 1. The fourth-order valence-corrected chi connectivity index (χ4v) is 4.41. The van der Waals surface area contributed by atoms with Gasteiger partial charge in [0, 0.05) is 11.1 Å². The van der Waals surface area contributed by atoms with Gasteiger partial charge in [0.05, 0.1) is 22.3 Å². The number of oxazole rings is 1. The lowest BCUT2D eigenvalue weighted by Gasteiger charge is -2.12. The molecule has 6 nitrogen and oxygen atoms in total. The summed E-state index contributed by atoms with van der Waals surface area (Å²) < 4.78 is 11.8. The minimum atomic E-state index is -0.366. The van der Waals surface area contributed by atoms with Gasteiger partial charge in [0.25, 0.3) is 5.91 Å². The van der Waals surface area contributed by atoms with E-state index in [1.807, 2.05) is 12.1 Å². The maximum atomic E-state index is 12.6. The molecule has 0 spiro atoms. The summed E-state index contributed by atoms with van der Waals surface area (Å²) in [4.78, 5) is 17.3. The third-order valence-corrected chi connectivity index (χ3v) is 6.85. The largest absolute Gasteiger partial charge is 0.496 e. The molecule has 0 saturated heterocycles. The van der Waals surface area contributed by atoms with E-state index in [1.165, 1.54) is 5.56 Å². The first kappa shape index (κ1) is 25.2. The summed E-state index contributed by atoms with van der Waals surface area (Å²) in [5.41, 5.74) is 4.41. The first-order valence-corrected chi connectivity index (χ1v) is 12.5. The van der Waals surface area contributed by atoms with E-state index in [9.17, 15) is 4.79 Å². The van der Waals surface area contributed by atoms with Gasteiger partial charge in [-0.2, -0.15) is 0 Å². The minimum absolute atomic E-state index is 0.108. The highest BCUT2D eigenvalue weighted by Gasteiger charge is 2.15. The Morgan fingerprint density at radius 3 is 2.71 bits per heavy atom. The molecule has 0 aliphatic heterocycles. The molecular weight excluding hydrogens is 550 g/mol. The van der Waals surface area contributed by atoms with Gasteiger partial charge in [-0.25, -0.2) is 4.98 Å². The summed E-state index contributed by atoms with van der Waals surface area (Å²) in [7, 11) is 1.56. The zero-order chi connectivity index (χ0) is 25.1. The number of ether oxygens (including phenoxy) is 1. The fraction of sp³-hybridized carbons (Fsp3) is 0.192. The van der Waals surface area contributed by atoms with Crippen LogP contribution in [0.15, 0.2) is 63.5 Å². The van der Waals surface area contributed by atoms with Gasteiger partial charge in [-0.15, -0.1) is 0 Å². The van der Waals surface area contributed by atoms with Crippen LogP contribution in [0, 0.1) is 0 Å². The third-order valence-electron chi connectivity index (χ3n) is 5.70. The number of amides is 1. The summed E-state index contributed by atoms with van der Waals surface area (Å²) in [5, 5.41) is 6.19. The topological polar surface area (TPSA) is 76.4 Å².